The molecule has 0 atom stereocenters. The van der Waals surface area contributed by atoms with Crippen molar-refractivity contribution in [3.8, 4) is 16.9 Å². The van der Waals surface area contributed by atoms with Gasteiger partial charge < -0.3 is 9.47 Å². The summed E-state index contributed by atoms with van der Waals surface area (Å²) in [6.45, 7) is 0. The highest BCUT2D eigenvalue weighted by Crippen LogP contribution is 2.28. The van der Waals surface area contributed by atoms with Crippen LogP contribution in [0.3, 0.4) is 0 Å². The Bertz CT molecular complexity index is 704. The smallest absolute Gasteiger partial charge is 0.464 e. The SMILES string of the molecule is COC(=O)c1ncc(-c2cccc(OC(F)(F)F)c2)cc1I. The highest BCUT2D eigenvalue weighted by Gasteiger charge is 2.31. The van der Waals surface area contributed by atoms with Crippen LogP contribution in [-0.4, -0.2) is 24.4 Å². The van der Waals surface area contributed by atoms with Crippen molar-refractivity contribution in [2.75, 3.05) is 7.11 Å². The molecular formula is C14H9F3INO3. The van der Waals surface area contributed by atoms with Crippen LogP contribution < -0.4 is 4.74 Å². The van der Waals surface area contributed by atoms with Gasteiger partial charge in [-0.3, -0.25) is 0 Å². The van der Waals surface area contributed by atoms with E-state index in [-0.39, 0.29) is 11.4 Å². The number of carbonyl (C=O) groups is 1. The predicted octanol–water partition coefficient (Wildman–Crippen LogP) is 4.04. The zero-order valence-electron chi connectivity index (χ0n) is 11.1. The second-order valence-corrected chi connectivity index (χ2v) is 5.28. The molecule has 0 saturated carbocycles. The fourth-order valence-electron chi connectivity index (χ4n) is 1.72. The molecule has 0 fully saturated rings. The molecule has 22 heavy (non-hydrogen) atoms. The van der Waals surface area contributed by atoms with E-state index in [2.05, 4.69) is 14.5 Å². The molecule has 2 aromatic rings. The van der Waals surface area contributed by atoms with E-state index in [1.54, 1.807) is 12.1 Å². The molecule has 4 nitrogen and oxygen atoms in total. The number of benzene rings is 1. The van der Waals surface area contributed by atoms with Gasteiger partial charge in [0.25, 0.3) is 0 Å². The predicted molar refractivity (Wildman–Crippen MR) is 80.4 cm³/mol. The maximum absolute atomic E-state index is 12.2. The van der Waals surface area contributed by atoms with Gasteiger partial charge in [-0.2, -0.15) is 0 Å². The normalized spacial score (nSPS) is 11.1. The van der Waals surface area contributed by atoms with E-state index in [1.165, 1.54) is 31.5 Å². The van der Waals surface area contributed by atoms with Gasteiger partial charge >= 0.3 is 12.3 Å². The maximum atomic E-state index is 12.2. The number of halogens is 4. The van der Waals surface area contributed by atoms with Crippen LogP contribution in [0.25, 0.3) is 11.1 Å². The van der Waals surface area contributed by atoms with Gasteiger partial charge in [-0.05, 0) is 46.4 Å². The van der Waals surface area contributed by atoms with E-state index in [1.807, 2.05) is 22.6 Å². The Hall–Kier alpha value is -1.84. The third kappa shape index (κ3) is 4.09. The van der Waals surface area contributed by atoms with Gasteiger partial charge in [-0.15, -0.1) is 13.2 Å². The van der Waals surface area contributed by atoms with Gasteiger partial charge in [-0.25, -0.2) is 9.78 Å². The number of esters is 1. The van der Waals surface area contributed by atoms with E-state index in [0.717, 1.165) is 0 Å². The first-order valence-corrected chi connectivity index (χ1v) is 6.98. The number of hydrogen-bond donors (Lipinski definition) is 0. The molecule has 0 aliphatic heterocycles. The number of methoxy groups -OCH3 is 1. The third-order valence-corrected chi connectivity index (χ3v) is 3.44. The van der Waals surface area contributed by atoms with Crippen LogP contribution in [-0.2, 0) is 4.74 Å². The zero-order chi connectivity index (χ0) is 16.3. The summed E-state index contributed by atoms with van der Waals surface area (Å²) in [4.78, 5) is 15.4. The highest BCUT2D eigenvalue weighted by atomic mass is 127. The van der Waals surface area contributed by atoms with Gasteiger partial charge in [0.1, 0.15) is 5.75 Å². The van der Waals surface area contributed by atoms with Crippen LogP contribution in [0.1, 0.15) is 10.5 Å². The average Bonchev–Trinajstić information content (AvgIpc) is 2.45. The summed E-state index contributed by atoms with van der Waals surface area (Å²) in [5.41, 5.74) is 1.20. The Morgan fingerprint density at radius 2 is 1.95 bits per heavy atom. The fourth-order valence-corrected chi connectivity index (χ4v) is 2.41. The van der Waals surface area contributed by atoms with Crippen LogP contribution in [0.15, 0.2) is 36.5 Å². The largest absolute Gasteiger partial charge is 0.573 e. The molecule has 8 heteroatoms. The summed E-state index contributed by atoms with van der Waals surface area (Å²) in [6.07, 6.45) is -3.36. The number of nitrogens with zero attached hydrogens (tertiary/aromatic N) is 1. The fraction of sp³-hybridized carbons (Fsp3) is 0.143. The zero-order valence-corrected chi connectivity index (χ0v) is 13.3. The summed E-state index contributed by atoms with van der Waals surface area (Å²) in [5.74, 6) is -0.901. The Kier molecular flexibility index (Phi) is 4.89. The van der Waals surface area contributed by atoms with Crippen LogP contribution in [0.2, 0.25) is 0 Å². The minimum Gasteiger partial charge on any atom is -0.464 e. The van der Waals surface area contributed by atoms with Gasteiger partial charge in [0, 0.05) is 15.3 Å². The van der Waals surface area contributed by atoms with Crippen LogP contribution >= 0.6 is 22.6 Å². The summed E-state index contributed by atoms with van der Waals surface area (Å²) in [5, 5.41) is 0. The molecule has 0 bridgehead atoms. The molecular weight excluding hydrogens is 414 g/mol. The average molecular weight is 423 g/mol. The molecule has 0 amide bonds. The van der Waals surface area contributed by atoms with E-state index < -0.39 is 12.3 Å². The molecule has 116 valence electrons. The molecule has 0 spiro atoms. The Morgan fingerprint density at radius 1 is 1.23 bits per heavy atom. The van der Waals surface area contributed by atoms with Gasteiger partial charge in [0.15, 0.2) is 5.69 Å². The van der Waals surface area contributed by atoms with Crippen LogP contribution in [0.5, 0.6) is 5.75 Å². The second-order valence-electron chi connectivity index (χ2n) is 4.12. The van der Waals surface area contributed by atoms with Crippen molar-refractivity contribution < 1.29 is 27.4 Å². The van der Waals surface area contributed by atoms with Crippen molar-refractivity contribution in [3.05, 3.63) is 45.8 Å². The van der Waals surface area contributed by atoms with E-state index >= 15 is 0 Å². The van der Waals surface area contributed by atoms with E-state index in [9.17, 15) is 18.0 Å². The van der Waals surface area contributed by atoms with Crippen molar-refractivity contribution in [1.29, 1.82) is 0 Å². The molecule has 1 aromatic heterocycles. The molecule has 1 heterocycles. The minimum absolute atomic E-state index is 0.148. The first-order chi connectivity index (χ1) is 10.3. The topological polar surface area (TPSA) is 48.4 Å². The molecule has 0 aliphatic rings. The molecule has 2 rings (SSSR count). The van der Waals surface area contributed by atoms with E-state index in [0.29, 0.717) is 14.7 Å². The Labute approximate surface area is 137 Å². The first kappa shape index (κ1) is 16.5. The second kappa shape index (κ2) is 6.51. The third-order valence-electron chi connectivity index (χ3n) is 2.62. The minimum atomic E-state index is -4.75. The number of alkyl halides is 3. The van der Waals surface area contributed by atoms with Crippen molar-refractivity contribution >= 4 is 28.6 Å². The monoisotopic (exact) mass is 423 g/mol. The van der Waals surface area contributed by atoms with Crippen molar-refractivity contribution in [2.24, 2.45) is 0 Å². The van der Waals surface area contributed by atoms with Crippen LogP contribution in [0.4, 0.5) is 13.2 Å². The highest BCUT2D eigenvalue weighted by molar-refractivity contribution is 14.1. The van der Waals surface area contributed by atoms with E-state index in [4.69, 9.17) is 0 Å². The van der Waals surface area contributed by atoms with Crippen molar-refractivity contribution in [3.63, 3.8) is 0 Å². The Morgan fingerprint density at radius 3 is 2.55 bits per heavy atom. The number of carbonyl (C=O) groups excluding carboxylic acids is 1. The lowest BCUT2D eigenvalue weighted by Gasteiger charge is -2.10. The Balaban J connectivity index is 2.34. The molecule has 1 aromatic carbocycles. The van der Waals surface area contributed by atoms with Gasteiger partial charge in [-0.1, -0.05) is 12.1 Å². The summed E-state index contributed by atoms with van der Waals surface area (Å²) >= 11 is 1.91. The van der Waals surface area contributed by atoms with Gasteiger partial charge in [0.05, 0.1) is 7.11 Å². The molecule has 0 N–H and O–H groups in total. The number of pyridine rings is 1. The lowest BCUT2D eigenvalue weighted by Crippen LogP contribution is -2.17. The number of rotatable bonds is 3. The summed E-state index contributed by atoms with van der Waals surface area (Å²) < 4.78 is 45.7. The quantitative estimate of drug-likeness (QED) is 0.553. The van der Waals surface area contributed by atoms with Crippen LogP contribution in [0, 0.1) is 3.57 Å². The number of ether oxygens (including phenoxy) is 2. The first-order valence-electron chi connectivity index (χ1n) is 5.90. The lowest BCUT2D eigenvalue weighted by atomic mass is 10.1. The van der Waals surface area contributed by atoms with Crippen molar-refractivity contribution in [1.82, 2.24) is 4.98 Å². The number of hydrogen-bond acceptors (Lipinski definition) is 4. The molecule has 0 aliphatic carbocycles. The van der Waals surface area contributed by atoms with Crippen molar-refractivity contribution in [2.45, 2.75) is 6.36 Å². The number of aromatic nitrogens is 1. The van der Waals surface area contributed by atoms with Gasteiger partial charge in [0.2, 0.25) is 0 Å². The standard InChI is InChI=1S/C14H9F3INO3/c1-21-13(20)12-11(18)6-9(7-19-12)8-3-2-4-10(5-8)22-14(15,16)17/h2-7H,1H3. The molecule has 0 unspecified atom stereocenters. The lowest BCUT2D eigenvalue weighted by molar-refractivity contribution is -0.274. The summed E-state index contributed by atoms with van der Waals surface area (Å²) in [7, 11) is 1.24. The molecule has 0 radical (unpaired) electrons. The summed E-state index contributed by atoms with van der Waals surface area (Å²) in [6, 6.07) is 7.15. The molecule has 0 saturated heterocycles. The maximum Gasteiger partial charge on any atom is 0.573 e.